The summed E-state index contributed by atoms with van der Waals surface area (Å²) in [6.07, 6.45) is 2.40. The van der Waals surface area contributed by atoms with Crippen LogP contribution in [-0.4, -0.2) is 13.2 Å². The van der Waals surface area contributed by atoms with Gasteiger partial charge >= 0.3 is 0 Å². The second-order valence-corrected chi connectivity index (χ2v) is 5.32. The number of methoxy groups -OCH3 is 1. The van der Waals surface area contributed by atoms with Gasteiger partial charge in [0.1, 0.15) is 5.82 Å². The summed E-state index contributed by atoms with van der Waals surface area (Å²) in [5.74, 6) is -0.673. The number of nitrogens with one attached hydrogen (secondary N) is 1. The maximum absolute atomic E-state index is 14.2. The maximum atomic E-state index is 14.2. The summed E-state index contributed by atoms with van der Waals surface area (Å²) in [7, 11) is 1.40. The first-order valence-electron chi connectivity index (χ1n) is 7.03. The molecule has 0 saturated heterocycles. The van der Waals surface area contributed by atoms with E-state index in [9.17, 15) is 8.78 Å². The fourth-order valence-corrected chi connectivity index (χ4v) is 2.29. The SMILES string of the molecule is COc1ccc(-c2ccc(CNC3CC3)cc2F)cc1F. The van der Waals surface area contributed by atoms with Crippen molar-refractivity contribution in [2.45, 2.75) is 25.4 Å². The van der Waals surface area contributed by atoms with E-state index in [4.69, 9.17) is 4.74 Å². The van der Waals surface area contributed by atoms with Crippen molar-refractivity contribution < 1.29 is 13.5 Å². The molecule has 0 spiro atoms. The molecule has 0 amide bonds. The van der Waals surface area contributed by atoms with Crippen LogP contribution < -0.4 is 10.1 Å². The highest BCUT2D eigenvalue weighted by molar-refractivity contribution is 5.65. The van der Waals surface area contributed by atoms with Gasteiger partial charge in [0.15, 0.2) is 11.6 Å². The van der Waals surface area contributed by atoms with E-state index in [2.05, 4.69) is 5.32 Å². The van der Waals surface area contributed by atoms with E-state index in [1.807, 2.05) is 6.07 Å². The summed E-state index contributed by atoms with van der Waals surface area (Å²) in [6, 6.07) is 10.1. The Kier molecular flexibility index (Phi) is 3.88. The zero-order valence-corrected chi connectivity index (χ0v) is 11.8. The van der Waals surface area contributed by atoms with Crippen LogP contribution in [-0.2, 0) is 6.54 Å². The quantitative estimate of drug-likeness (QED) is 0.901. The molecule has 1 fully saturated rings. The monoisotopic (exact) mass is 289 g/mol. The topological polar surface area (TPSA) is 21.3 Å². The Hall–Kier alpha value is -1.94. The fraction of sp³-hybridized carbons (Fsp3) is 0.294. The number of halogens is 2. The smallest absolute Gasteiger partial charge is 0.165 e. The van der Waals surface area contributed by atoms with Crippen LogP contribution >= 0.6 is 0 Å². The fourth-order valence-electron chi connectivity index (χ4n) is 2.29. The molecule has 21 heavy (non-hydrogen) atoms. The third-order valence-corrected chi connectivity index (χ3v) is 3.67. The molecule has 4 heteroatoms. The van der Waals surface area contributed by atoms with Gasteiger partial charge in [0.2, 0.25) is 0 Å². The van der Waals surface area contributed by atoms with E-state index in [0.29, 0.717) is 23.7 Å². The number of benzene rings is 2. The molecule has 2 aromatic rings. The van der Waals surface area contributed by atoms with Crippen LogP contribution in [0.1, 0.15) is 18.4 Å². The molecule has 110 valence electrons. The Bertz CT molecular complexity index is 653. The Labute approximate surface area is 122 Å². The lowest BCUT2D eigenvalue weighted by molar-refractivity contribution is 0.386. The normalized spacial score (nSPS) is 14.2. The Morgan fingerprint density at radius 1 is 1.10 bits per heavy atom. The molecule has 1 aliphatic rings. The zero-order valence-electron chi connectivity index (χ0n) is 11.8. The second kappa shape index (κ2) is 5.82. The Morgan fingerprint density at radius 3 is 2.52 bits per heavy atom. The van der Waals surface area contributed by atoms with E-state index < -0.39 is 5.82 Å². The van der Waals surface area contributed by atoms with Crippen molar-refractivity contribution in [2.75, 3.05) is 7.11 Å². The van der Waals surface area contributed by atoms with Gasteiger partial charge in [0, 0.05) is 18.2 Å². The maximum Gasteiger partial charge on any atom is 0.165 e. The van der Waals surface area contributed by atoms with E-state index >= 15 is 0 Å². The predicted molar refractivity (Wildman–Crippen MR) is 78.2 cm³/mol. The first-order valence-corrected chi connectivity index (χ1v) is 7.03. The van der Waals surface area contributed by atoms with E-state index in [-0.39, 0.29) is 11.6 Å². The molecule has 0 aliphatic heterocycles. The van der Waals surface area contributed by atoms with E-state index in [1.54, 1.807) is 12.1 Å². The molecule has 1 N–H and O–H groups in total. The molecule has 0 heterocycles. The van der Waals surface area contributed by atoms with Gasteiger partial charge in [-0.3, -0.25) is 0 Å². The van der Waals surface area contributed by atoms with Gasteiger partial charge in [0.25, 0.3) is 0 Å². The standard InChI is InChI=1S/C17H17F2NO/c1-21-17-7-3-12(9-16(17)19)14-6-2-11(8-15(14)18)10-20-13-4-5-13/h2-3,6-9,13,20H,4-5,10H2,1H3. The van der Waals surface area contributed by atoms with Crippen LogP contribution in [0.5, 0.6) is 5.75 Å². The van der Waals surface area contributed by atoms with Crippen LogP contribution in [0.4, 0.5) is 8.78 Å². The Balaban J connectivity index is 1.82. The van der Waals surface area contributed by atoms with Crippen molar-refractivity contribution >= 4 is 0 Å². The van der Waals surface area contributed by atoms with Crippen LogP contribution in [0.3, 0.4) is 0 Å². The van der Waals surface area contributed by atoms with Gasteiger partial charge in [-0.05, 0) is 42.2 Å². The van der Waals surface area contributed by atoms with E-state index in [0.717, 1.165) is 5.56 Å². The lowest BCUT2D eigenvalue weighted by Crippen LogP contribution is -2.15. The van der Waals surface area contributed by atoms with Gasteiger partial charge in [-0.2, -0.15) is 0 Å². The van der Waals surface area contributed by atoms with Crippen molar-refractivity contribution in [3.63, 3.8) is 0 Å². The van der Waals surface area contributed by atoms with Crippen LogP contribution in [0.25, 0.3) is 11.1 Å². The Morgan fingerprint density at radius 2 is 1.90 bits per heavy atom. The molecule has 0 atom stereocenters. The number of rotatable bonds is 5. The average molecular weight is 289 g/mol. The third kappa shape index (κ3) is 3.22. The third-order valence-electron chi connectivity index (χ3n) is 3.67. The van der Waals surface area contributed by atoms with Crippen LogP contribution in [0.2, 0.25) is 0 Å². The van der Waals surface area contributed by atoms with E-state index in [1.165, 1.54) is 38.2 Å². The van der Waals surface area contributed by atoms with Crippen molar-refractivity contribution in [1.29, 1.82) is 0 Å². The van der Waals surface area contributed by atoms with Gasteiger partial charge in [0.05, 0.1) is 7.11 Å². The largest absolute Gasteiger partial charge is 0.494 e. The molecule has 0 aromatic heterocycles. The van der Waals surface area contributed by atoms with Gasteiger partial charge in [-0.1, -0.05) is 18.2 Å². The van der Waals surface area contributed by atoms with Gasteiger partial charge in [-0.25, -0.2) is 8.78 Å². The molecular formula is C17H17F2NO. The summed E-state index contributed by atoms with van der Waals surface area (Å²) in [4.78, 5) is 0. The number of ether oxygens (including phenoxy) is 1. The van der Waals surface area contributed by atoms with Crippen molar-refractivity contribution in [3.8, 4) is 16.9 Å². The highest BCUT2D eigenvalue weighted by atomic mass is 19.1. The van der Waals surface area contributed by atoms with Crippen LogP contribution in [0.15, 0.2) is 36.4 Å². The zero-order chi connectivity index (χ0) is 14.8. The molecule has 3 rings (SSSR count). The first kappa shape index (κ1) is 14.0. The minimum absolute atomic E-state index is 0.157. The van der Waals surface area contributed by atoms with Crippen LogP contribution in [0, 0.1) is 11.6 Å². The molecule has 0 bridgehead atoms. The second-order valence-electron chi connectivity index (χ2n) is 5.32. The molecule has 0 unspecified atom stereocenters. The lowest BCUT2D eigenvalue weighted by atomic mass is 10.0. The molecular weight excluding hydrogens is 272 g/mol. The summed E-state index contributed by atoms with van der Waals surface area (Å²) in [5, 5.41) is 3.34. The van der Waals surface area contributed by atoms with Crippen molar-refractivity contribution in [3.05, 3.63) is 53.6 Å². The minimum Gasteiger partial charge on any atom is -0.494 e. The van der Waals surface area contributed by atoms with Crippen molar-refractivity contribution in [1.82, 2.24) is 5.32 Å². The number of hydrogen-bond donors (Lipinski definition) is 1. The van der Waals surface area contributed by atoms with Gasteiger partial charge < -0.3 is 10.1 Å². The molecule has 2 aromatic carbocycles. The van der Waals surface area contributed by atoms with Gasteiger partial charge in [-0.15, -0.1) is 0 Å². The average Bonchev–Trinajstić information content (AvgIpc) is 3.29. The minimum atomic E-state index is -0.492. The summed E-state index contributed by atoms with van der Waals surface area (Å²) >= 11 is 0. The first-order chi connectivity index (χ1) is 10.2. The highest BCUT2D eigenvalue weighted by Crippen LogP contribution is 2.28. The molecule has 0 radical (unpaired) electrons. The van der Waals surface area contributed by atoms with Crippen molar-refractivity contribution in [2.24, 2.45) is 0 Å². The predicted octanol–water partition coefficient (Wildman–Crippen LogP) is 3.89. The highest BCUT2D eigenvalue weighted by Gasteiger charge is 2.20. The summed E-state index contributed by atoms with van der Waals surface area (Å²) in [6.45, 7) is 0.666. The number of hydrogen-bond acceptors (Lipinski definition) is 2. The summed E-state index contributed by atoms with van der Waals surface area (Å²) < 4.78 is 32.8. The molecule has 1 aliphatic carbocycles. The summed E-state index contributed by atoms with van der Waals surface area (Å²) in [5.41, 5.74) is 1.80. The lowest BCUT2D eigenvalue weighted by Gasteiger charge is -2.09. The molecule has 1 saturated carbocycles. The molecule has 2 nitrogen and oxygen atoms in total.